The van der Waals surface area contributed by atoms with Gasteiger partial charge in [0.1, 0.15) is 11.0 Å². The Labute approximate surface area is 205 Å². The molecule has 0 fully saturated rings. The molecule has 0 aliphatic heterocycles. The van der Waals surface area contributed by atoms with Crippen molar-refractivity contribution < 1.29 is 9.63 Å². The first-order chi connectivity index (χ1) is 17.2. The minimum absolute atomic E-state index is 0.331. The minimum atomic E-state index is -0.331. The van der Waals surface area contributed by atoms with Crippen LogP contribution < -0.4 is 4.84 Å². The van der Waals surface area contributed by atoms with E-state index in [0.29, 0.717) is 18.9 Å². The monoisotopic (exact) mass is 465 g/mol. The van der Waals surface area contributed by atoms with Crippen molar-refractivity contribution in [3.05, 3.63) is 78.9 Å². The van der Waals surface area contributed by atoms with E-state index >= 15 is 0 Å². The third-order valence-electron chi connectivity index (χ3n) is 6.53. The third-order valence-corrected chi connectivity index (χ3v) is 6.53. The predicted octanol–water partition coefficient (Wildman–Crippen LogP) is 7.46. The lowest BCUT2D eigenvalue weighted by Gasteiger charge is -2.22. The van der Waals surface area contributed by atoms with E-state index in [-0.39, 0.29) is 6.09 Å². The van der Waals surface area contributed by atoms with Gasteiger partial charge >= 0.3 is 6.09 Å². The van der Waals surface area contributed by atoms with Gasteiger partial charge in [-0.25, -0.2) is 9.78 Å². The number of aromatic nitrogens is 2. The van der Waals surface area contributed by atoms with E-state index in [1.54, 1.807) is 4.73 Å². The first kappa shape index (κ1) is 22.9. The lowest BCUT2D eigenvalue weighted by atomic mass is 10.0. The Balaban J connectivity index is 1.65. The number of carbonyl (C=O) groups excluding carboxylic acids is 1. The predicted molar refractivity (Wildman–Crippen MR) is 144 cm³/mol. The van der Waals surface area contributed by atoms with Crippen LogP contribution in [0.15, 0.2) is 78.9 Å². The topological polar surface area (TPSA) is 47.4 Å². The lowest BCUT2D eigenvalue weighted by Crippen LogP contribution is -2.38. The molecule has 5 heteroatoms. The van der Waals surface area contributed by atoms with E-state index in [1.807, 2.05) is 41.3 Å². The van der Waals surface area contributed by atoms with Crippen LogP contribution in [0.5, 0.6) is 0 Å². The Morgan fingerprint density at radius 1 is 0.800 bits per heavy atom. The van der Waals surface area contributed by atoms with Crippen molar-refractivity contribution >= 4 is 38.7 Å². The highest BCUT2D eigenvalue weighted by atomic mass is 16.7. The largest absolute Gasteiger partial charge is 0.434 e. The Kier molecular flexibility index (Phi) is 6.66. The second-order valence-corrected chi connectivity index (χ2v) is 8.96. The molecule has 0 saturated heterocycles. The second-order valence-electron chi connectivity index (χ2n) is 8.96. The van der Waals surface area contributed by atoms with E-state index in [4.69, 9.17) is 9.82 Å². The Morgan fingerprint density at radius 2 is 1.49 bits per heavy atom. The number of hydrogen-bond donors (Lipinski definition) is 0. The molecule has 35 heavy (non-hydrogen) atoms. The van der Waals surface area contributed by atoms with Crippen molar-refractivity contribution in [2.45, 2.75) is 39.5 Å². The maximum absolute atomic E-state index is 13.3. The molecule has 1 amide bonds. The van der Waals surface area contributed by atoms with Crippen LogP contribution in [0.4, 0.5) is 4.79 Å². The SMILES string of the molecule is CCCCN(CCCC)C(=O)On1c(-c2ccccc2)nc2c3ccc4ccccc4c3ccc21. The molecule has 5 rings (SSSR count). The van der Waals surface area contributed by atoms with Crippen LogP contribution in [-0.4, -0.2) is 33.8 Å². The molecule has 0 bridgehead atoms. The van der Waals surface area contributed by atoms with Gasteiger partial charge in [-0.2, -0.15) is 4.73 Å². The van der Waals surface area contributed by atoms with E-state index in [2.05, 4.69) is 56.3 Å². The van der Waals surface area contributed by atoms with Crippen molar-refractivity contribution in [2.24, 2.45) is 0 Å². The zero-order valence-corrected chi connectivity index (χ0v) is 20.4. The number of unbranched alkanes of at least 4 members (excludes halogenated alkanes) is 2. The van der Waals surface area contributed by atoms with Gasteiger partial charge in [-0.1, -0.05) is 99.5 Å². The molecule has 0 unspecified atom stereocenters. The Morgan fingerprint density at radius 3 is 2.23 bits per heavy atom. The summed E-state index contributed by atoms with van der Waals surface area (Å²) in [4.78, 5) is 26.3. The summed E-state index contributed by atoms with van der Waals surface area (Å²) in [7, 11) is 0. The first-order valence-corrected chi connectivity index (χ1v) is 12.6. The molecule has 5 aromatic rings. The van der Waals surface area contributed by atoms with Crippen LogP contribution in [0.1, 0.15) is 39.5 Å². The minimum Gasteiger partial charge on any atom is -0.315 e. The van der Waals surface area contributed by atoms with Gasteiger partial charge in [-0.3, -0.25) is 0 Å². The summed E-state index contributed by atoms with van der Waals surface area (Å²) >= 11 is 0. The molecule has 0 aliphatic carbocycles. The van der Waals surface area contributed by atoms with Crippen molar-refractivity contribution in [1.82, 2.24) is 14.6 Å². The average Bonchev–Trinajstić information content (AvgIpc) is 3.27. The summed E-state index contributed by atoms with van der Waals surface area (Å²) in [6.07, 6.45) is 3.62. The van der Waals surface area contributed by atoms with Crippen LogP contribution in [0.2, 0.25) is 0 Å². The number of fused-ring (bicyclic) bond motifs is 5. The fraction of sp³-hybridized carbons (Fsp3) is 0.267. The molecule has 0 aliphatic rings. The molecule has 1 heterocycles. The van der Waals surface area contributed by atoms with Gasteiger partial charge in [0.05, 0.1) is 0 Å². The van der Waals surface area contributed by atoms with E-state index in [1.165, 1.54) is 10.8 Å². The quantitative estimate of drug-likeness (QED) is 0.223. The van der Waals surface area contributed by atoms with Gasteiger partial charge in [-0.05, 0) is 35.1 Å². The highest BCUT2D eigenvalue weighted by molar-refractivity contribution is 6.16. The summed E-state index contributed by atoms with van der Waals surface area (Å²) in [5.41, 5.74) is 2.51. The van der Waals surface area contributed by atoms with Crippen LogP contribution in [0, 0.1) is 0 Å². The number of amides is 1. The molecule has 0 atom stereocenters. The van der Waals surface area contributed by atoms with Gasteiger partial charge in [0, 0.05) is 24.0 Å². The molecular formula is C30H31N3O2. The lowest BCUT2D eigenvalue weighted by molar-refractivity contribution is 0.0966. The summed E-state index contributed by atoms with van der Waals surface area (Å²) in [5.74, 6) is 0.626. The van der Waals surface area contributed by atoms with Gasteiger partial charge < -0.3 is 9.74 Å². The third kappa shape index (κ3) is 4.46. The van der Waals surface area contributed by atoms with Crippen LogP contribution >= 0.6 is 0 Å². The van der Waals surface area contributed by atoms with Crippen molar-refractivity contribution in [2.75, 3.05) is 13.1 Å². The number of nitrogens with zero attached hydrogens (tertiary/aromatic N) is 3. The maximum atomic E-state index is 13.3. The summed E-state index contributed by atoms with van der Waals surface area (Å²) in [6, 6.07) is 26.6. The molecular weight excluding hydrogens is 434 g/mol. The van der Waals surface area contributed by atoms with Gasteiger partial charge in [-0.15, -0.1) is 0 Å². The summed E-state index contributed by atoms with van der Waals surface area (Å²) < 4.78 is 1.62. The smallest absolute Gasteiger partial charge is 0.315 e. The molecule has 1 aromatic heterocycles. The van der Waals surface area contributed by atoms with Crippen molar-refractivity contribution in [3.63, 3.8) is 0 Å². The zero-order valence-electron chi connectivity index (χ0n) is 20.4. The number of benzene rings is 4. The van der Waals surface area contributed by atoms with E-state index < -0.39 is 0 Å². The number of rotatable bonds is 8. The average molecular weight is 466 g/mol. The fourth-order valence-corrected chi connectivity index (χ4v) is 4.60. The molecule has 0 radical (unpaired) electrons. The van der Waals surface area contributed by atoms with Crippen molar-refractivity contribution in [1.29, 1.82) is 0 Å². The molecule has 0 N–H and O–H groups in total. The van der Waals surface area contributed by atoms with Gasteiger partial charge in [0.25, 0.3) is 0 Å². The molecule has 0 saturated carbocycles. The Bertz CT molecular complexity index is 1470. The summed E-state index contributed by atoms with van der Waals surface area (Å²) in [5, 5.41) is 4.56. The molecule has 0 spiro atoms. The number of hydrogen-bond acceptors (Lipinski definition) is 3. The van der Waals surface area contributed by atoms with Crippen LogP contribution in [0.25, 0.3) is 44.0 Å². The van der Waals surface area contributed by atoms with E-state index in [9.17, 15) is 4.79 Å². The highest BCUT2D eigenvalue weighted by Crippen LogP contribution is 2.33. The van der Waals surface area contributed by atoms with Crippen LogP contribution in [-0.2, 0) is 0 Å². The molecule has 178 valence electrons. The highest BCUT2D eigenvalue weighted by Gasteiger charge is 2.22. The number of imidazole rings is 1. The summed E-state index contributed by atoms with van der Waals surface area (Å²) in [6.45, 7) is 5.65. The molecule has 5 nitrogen and oxygen atoms in total. The maximum Gasteiger partial charge on any atom is 0.434 e. The second kappa shape index (κ2) is 10.2. The van der Waals surface area contributed by atoms with Gasteiger partial charge in [0.2, 0.25) is 0 Å². The van der Waals surface area contributed by atoms with Crippen molar-refractivity contribution in [3.8, 4) is 11.4 Å². The van der Waals surface area contributed by atoms with Crippen LogP contribution in [0.3, 0.4) is 0 Å². The normalized spacial score (nSPS) is 11.4. The standard InChI is InChI=1S/C30H31N3O2/c1-3-5-20-32(21-6-4-2)30(34)35-33-27-19-18-25-24-15-11-10-12-22(24)16-17-26(25)28(27)31-29(33)23-13-8-7-9-14-23/h7-19H,3-6,20-21H2,1-2H3. The Hall–Kier alpha value is -3.86. The van der Waals surface area contributed by atoms with E-state index in [0.717, 1.165) is 53.1 Å². The number of carbonyl (C=O) groups is 1. The fourth-order valence-electron chi connectivity index (χ4n) is 4.60. The zero-order chi connectivity index (χ0) is 24.2. The van der Waals surface area contributed by atoms with Gasteiger partial charge in [0.15, 0.2) is 5.82 Å². The molecule has 4 aromatic carbocycles. The first-order valence-electron chi connectivity index (χ1n) is 12.6.